The minimum Gasteiger partial charge on any atom is -0.394 e. The van der Waals surface area contributed by atoms with Crippen LogP contribution in [0.15, 0.2) is 0 Å². The first-order valence-corrected chi connectivity index (χ1v) is 3.13. The van der Waals surface area contributed by atoms with E-state index in [4.69, 9.17) is 21.3 Å². The molecule has 0 aliphatic carbocycles. The van der Waals surface area contributed by atoms with Gasteiger partial charge >= 0.3 is 0 Å². The van der Waals surface area contributed by atoms with E-state index in [9.17, 15) is 4.21 Å². The van der Waals surface area contributed by atoms with Crippen molar-refractivity contribution in [3.63, 3.8) is 0 Å². The third-order valence-electron chi connectivity index (χ3n) is 0.362. The van der Waals surface area contributed by atoms with E-state index in [1.54, 1.807) is 0 Å². The van der Waals surface area contributed by atoms with Gasteiger partial charge in [-0.05, 0) is 0 Å². The summed E-state index contributed by atoms with van der Waals surface area (Å²) in [6.07, 6.45) is 0. The molecule has 0 saturated carbocycles. The van der Waals surface area contributed by atoms with Crippen LogP contribution in [0.2, 0.25) is 0 Å². The third kappa shape index (κ3) is 2.99. The number of aliphatic hydroxyl groups excluding tert-OH is 1. The third-order valence-corrected chi connectivity index (χ3v) is 1.54. The fourth-order valence-electron chi connectivity index (χ4n) is 0.0638. The minimum atomic E-state index is -2.09. The van der Waals surface area contributed by atoms with Gasteiger partial charge in [0.1, 0.15) is 0 Å². The van der Waals surface area contributed by atoms with Crippen LogP contribution in [-0.4, -0.2) is 25.2 Å². The summed E-state index contributed by atoms with van der Waals surface area (Å²) in [4.78, 5) is 0. The second kappa shape index (κ2) is 3.37. The zero-order chi connectivity index (χ0) is 5.86. The Morgan fingerprint density at radius 3 is 2.29 bits per heavy atom. The molecular formula is C2H5ClO3S. The van der Waals surface area contributed by atoms with Gasteiger partial charge in [0.15, 0.2) is 15.8 Å². The van der Waals surface area contributed by atoms with Gasteiger partial charge in [0.25, 0.3) is 0 Å². The lowest BCUT2D eigenvalue weighted by Gasteiger charge is -1.94. The Kier molecular flexibility index (Phi) is 3.55. The van der Waals surface area contributed by atoms with Crippen LogP contribution in [0.3, 0.4) is 0 Å². The molecule has 0 aliphatic rings. The second-order valence-corrected chi connectivity index (χ2v) is 2.78. The minimum absolute atomic E-state index is 0.468. The summed E-state index contributed by atoms with van der Waals surface area (Å²) in [5.41, 5.74) is 0. The molecular weight excluding hydrogens is 140 g/mol. The first-order valence-electron chi connectivity index (χ1n) is 1.53. The Morgan fingerprint density at radius 1 is 1.86 bits per heavy atom. The fourth-order valence-corrected chi connectivity index (χ4v) is 0.191. The zero-order valence-corrected chi connectivity index (χ0v) is 4.95. The number of aliphatic hydroxyl groups is 1. The average Bonchev–Trinajstić information content (AvgIpc) is 1.65. The van der Waals surface area contributed by atoms with Gasteiger partial charge in [-0.1, -0.05) is 0 Å². The molecule has 7 heavy (non-hydrogen) atoms. The summed E-state index contributed by atoms with van der Waals surface area (Å²) in [7, 11) is 0. The molecule has 0 aromatic heterocycles. The standard InChI is InChI=1S/C2H5ClO3S/c3-2(1-4)7(5)6/h2,4H,1H2,(H,5,6). The highest BCUT2D eigenvalue weighted by Gasteiger charge is 2.06. The van der Waals surface area contributed by atoms with Crippen molar-refractivity contribution in [2.75, 3.05) is 6.61 Å². The Hall–Kier alpha value is 0.360. The molecule has 2 unspecified atom stereocenters. The topological polar surface area (TPSA) is 57.5 Å². The molecule has 0 spiro atoms. The van der Waals surface area contributed by atoms with E-state index in [-0.39, 0.29) is 0 Å². The summed E-state index contributed by atoms with van der Waals surface area (Å²) in [6, 6.07) is 0. The first kappa shape index (κ1) is 7.36. The Labute approximate surface area is 48.6 Å². The van der Waals surface area contributed by atoms with Gasteiger partial charge in [-0.3, -0.25) is 0 Å². The molecule has 0 rings (SSSR count). The molecule has 3 nitrogen and oxygen atoms in total. The van der Waals surface area contributed by atoms with Gasteiger partial charge in [-0.2, -0.15) is 0 Å². The molecule has 0 radical (unpaired) electrons. The monoisotopic (exact) mass is 144 g/mol. The van der Waals surface area contributed by atoms with Crippen molar-refractivity contribution in [1.82, 2.24) is 0 Å². The van der Waals surface area contributed by atoms with Gasteiger partial charge in [0.2, 0.25) is 0 Å². The lowest BCUT2D eigenvalue weighted by molar-refractivity contribution is 0.310. The van der Waals surface area contributed by atoms with E-state index >= 15 is 0 Å². The van der Waals surface area contributed by atoms with Gasteiger partial charge in [-0.25, -0.2) is 4.21 Å². The van der Waals surface area contributed by atoms with E-state index in [0.29, 0.717) is 0 Å². The fraction of sp³-hybridized carbons (Fsp3) is 1.00. The predicted molar refractivity (Wildman–Crippen MR) is 27.5 cm³/mol. The van der Waals surface area contributed by atoms with Crippen LogP contribution < -0.4 is 0 Å². The molecule has 2 atom stereocenters. The molecule has 0 fully saturated rings. The maximum absolute atomic E-state index is 9.75. The summed E-state index contributed by atoms with van der Waals surface area (Å²) >= 11 is 2.91. The molecule has 0 heterocycles. The van der Waals surface area contributed by atoms with E-state index in [0.717, 1.165) is 0 Å². The van der Waals surface area contributed by atoms with E-state index in [1.807, 2.05) is 0 Å². The molecule has 0 aliphatic heterocycles. The van der Waals surface area contributed by atoms with Crippen molar-refractivity contribution in [3.05, 3.63) is 0 Å². The quantitative estimate of drug-likeness (QED) is 0.416. The smallest absolute Gasteiger partial charge is 0.173 e. The summed E-state index contributed by atoms with van der Waals surface area (Å²) < 4.78 is 16.7. The zero-order valence-electron chi connectivity index (χ0n) is 3.37. The number of halogens is 1. The van der Waals surface area contributed by atoms with Crippen molar-refractivity contribution < 1.29 is 13.9 Å². The highest BCUT2D eigenvalue weighted by atomic mass is 35.5. The van der Waals surface area contributed by atoms with Gasteiger partial charge < -0.3 is 9.66 Å². The van der Waals surface area contributed by atoms with Crippen LogP contribution in [0.25, 0.3) is 0 Å². The lowest BCUT2D eigenvalue weighted by atomic mass is 10.9. The van der Waals surface area contributed by atoms with Crippen LogP contribution >= 0.6 is 11.6 Å². The van der Waals surface area contributed by atoms with Crippen LogP contribution in [0.4, 0.5) is 0 Å². The van der Waals surface area contributed by atoms with E-state index in [2.05, 4.69) is 0 Å². The molecule has 0 bridgehead atoms. The normalized spacial score (nSPS) is 18.7. The van der Waals surface area contributed by atoms with Crippen LogP contribution in [0, 0.1) is 0 Å². The average molecular weight is 145 g/mol. The van der Waals surface area contributed by atoms with Crippen LogP contribution in [0.1, 0.15) is 0 Å². The van der Waals surface area contributed by atoms with Crippen molar-refractivity contribution in [3.8, 4) is 0 Å². The van der Waals surface area contributed by atoms with Crippen molar-refractivity contribution >= 4 is 22.7 Å². The molecule has 5 heteroatoms. The molecule has 0 saturated heterocycles. The molecule has 0 amide bonds. The number of hydrogen-bond acceptors (Lipinski definition) is 2. The van der Waals surface area contributed by atoms with Crippen LogP contribution in [-0.2, 0) is 11.1 Å². The highest BCUT2D eigenvalue weighted by Crippen LogP contribution is 1.95. The van der Waals surface area contributed by atoms with Gasteiger partial charge in [-0.15, -0.1) is 11.6 Å². The Bertz CT molecular complexity index is 75.3. The van der Waals surface area contributed by atoms with Gasteiger partial charge in [0.05, 0.1) is 6.61 Å². The highest BCUT2D eigenvalue weighted by molar-refractivity contribution is 7.81. The Balaban J connectivity index is 3.34. The first-order chi connectivity index (χ1) is 3.18. The lowest BCUT2D eigenvalue weighted by Crippen LogP contribution is -2.10. The van der Waals surface area contributed by atoms with Gasteiger partial charge in [0, 0.05) is 0 Å². The SMILES string of the molecule is O=S(O)C(Cl)CO. The second-order valence-electron chi connectivity index (χ2n) is 0.869. The van der Waals surface area contributed by atoms with E-state index < -0.39 is 22.4 Å². The Morgan fingerprint density at radius 2 is 2.29 bits per heavy atom. The summed E-state index contributed by atoms with van der Waals surface area (Å²) in [5.74, 6) is 0. The van der Waals surface area contributed by atoms with Crippen LogP contribution in [0.5, 0.6) is 0 Å². The molecule has 2 N–H and O–H groups in total. The summed E-state index contributed by atoms with van der Waals surface area (Å²) in [6.45, 7) is -0.468. The maximum atomic E-state index is 9.75. The molecule has 44 valence electrons. The maximum Gasteiger partial charge on any atom is 0.173 e. The largest absolute Gasteiger partial charge is 0.394 e. The van der Waals surface area contributed by atoms with Crippen molar-refractivity contribution in [2.45, 2.75) is 4.71 Å². The van der Waals surface area contributed by atoms with Crippen molar-refractivity contribution in [2.24, 2.45) is 0 Å². The van der Waals surface area contributed by atoms with E-state index in [1.165, 1.54) is 0 Å². The predicted octanol–water partition coefficient (Wildman–Crippen LogP) is -0.235. The molecule has 0 aromatic carbocycles. The van der Waals surface area contributed by atoms with Crippen molar-refractivity contribution in [1.29, 1.82) is 0 Å². The number of hydrogen-bond donors (Lipinski definition) is 2. The number of alkyl halides is 1. The summed E-state index contributed by atoms with van der Waals surface area (Å²) in [5, 5.41) is 8.02. The molecule has 0 aromatic rings. The number of rotatable bonds is 2.